The van der Waals surface area contributed by atoms with E-state index in [0.717, 1.165) is 27.9 Å². The van der Waals surface area contributed by atoms with Gasteiger partial charge in [-0.3, -0.25) is 9.98 Å². The third kappa shape index (κ3) is 2.36. The van der Waals surface area contributed by atoms with Crippen molar-refractivity contribution >= 4 is 22.3 Å². The van der Waals surface area contributed by atoms with Crippen molar-refractivity contribution < 1.29 is 4.39 Å². The summed E-state index contributed by atoms with van der Waals surface area (Å²) in [6.45, 7) is 4.05. The molecule has 1 aliphatic heterocycles. The highest BCUT2D eigenvalue weighted by Crippen LogP contribution is 2.30. The molecular formula is C19H16FN3. The van der Waals surface area contributed by atoms with Gasteiger partial charge in [0, 0.05) is 28.4 Å². The van der Waals surface area contributed by atoms with Crippen LogP contribution >= 0.6 is 0 Å². The van der Waals surface area contributed by atoms with E-state index in [4.69, 9.17) is 4.99 Å². The molecule has 1 aromatic heterocycles. The minimum absolute atomic E-state index is 0.304. The van der Waals surface area contributed by atoms with E-state index >= 15 is 0 Å². The van der Waals surface area contributed by atoms with Crippen LogP contribution in [0.2, 0.25) is 0 Å². The first-order valence-corrected chi connectivity index (χ1v) is 7.56. The fourth-order valence-electron chi connectivity index (χ4n) is 2.97. The Morgan fingerprint density at radius 3 is 2.74 bits per heavy atom. The zero-order valence-corrected chi connectivity index (χ0v) is 13.0. The van der Waals surface area contributed by atoms with Crippen molar-refractivity contribution in [1.29, 1.82) is 0 Å². The molecule has 0 atom stereocenters. The smallest absolute Gasteiger partial charge is 0.149 e. The van der Waals surface area contributed by atoms with Crippen molar-refractivity contribution in [2.24, 2.45) is 4.99 Å². The van der Waals surface area contributed by atoms with Gasteiger partial charge in [-0.05, 0) is 32.0 Å². The molecule has 0 fully saturated rings. The number of anilines is 1. The van der Waals surface area contributed by atoms with Gasteiger partial charge in [-0.25, -0.2) is 4.39 Å². The second-order valence-electron chi connectivity index (χ2n) is 6.23. The van der Waals surface area contributed by atoms with Crippen molar-refractivity contribution in [2.75, 3.05) is 5.32 Å². The van der Waals surface area contributed by atoms with Crippen LogP contribution in [0, 0.1) is 5.82 Å². The molecule has 1 N–H and O–H groups in total. The van der Waals surface area contributed by atoms with Gasteiger partial charge in [-0.1, -0.05) is 30.3 Å². The molecule has 0 saturated heterocycles. The highest BCUT2D eigenvalue weighted by atomic mass is 19.1. The minimum atomic E-state index is -0.402. The number of aliphatic imine (C=N–C) groups is 1. The third-order valence-corrected chi connectivity index (χ3v) is 3.95. The van der Waals surface area contributed by atoms with E-state index in [1.54, 1.807) is 12.3 Å². The summed E-state index contributed by atoms with van der Waals surface area (Å²) in [4.78, 5) is 9.13. The molecule has 0 aliphatic carbocycles. The first-order valence-electron chi connectivity index (χ1n) is 7.56. The first kappa shape index (κ1) is 13.9. The van der Waals surface area contributed by atoms with Gasteiger partial charge in [0.1, 0.15) is 17.0 Å². The number of benzene rings is 2. The predicted molar refractivity (Wildman–Crippen MR) is 91.5 cm³/mol. The van der Waals surface area contributed by atoms with Gasteiger partial charge < -0.3 is 5.32 Å². The number of halogens is 1. The van der Waals surface area contributed by atoms with Crippen molar-refractivity contribution in [3.63, 3.8) is 0 Å². The van der Waals surface area contributed by atoms with Crippen molar-refractivity contribution in [2.45, 2.75) is 19.5 Å². The maximum Gasteiger partial charge on any atom is 0.149 e. The largest absolute Gasteiger partial charge is 0.361 e. The molecular weight excluding hydrogens is 289 g/mol. The Morgan fingerprint density at radius 1 is 1.04 bits per heavy atom. The summed E-state index contributed by atoms with van der Waals surface area (Å²) >= 11 is 0. The van der Waals surface area contributed by atoms with Crippen LogP contribution in [0.4, 0.5) is 10.1 Å². The molecule has 3 nitrogen and oxygen atoms in total. The molecule has 4 rings (SSSR count). The van der Waals surface area contributed by atoms with Gasteiger partial charge in [-0.2, -0.15) is 0 Å². The Balaban J connectivity index is 1.94. The van der Waals surface area contributed by atoms with E-state index in [9.17, 15) is 4.39 Å². The van der Waals surface area contributed by atoms with Crippen LogP contribution in [0.3, 0.4) is 0 Å². The van der Waals surface area contributed by atoms with Crippen LogP contribution in [0.1, 0.15) is 25.0 Å². The van der Waals surface area contributed by atoms with Crippen LogP contribution < -0.4 is 5.32 Å². The summed E-state index contributed by atoms with van der Waals surface area (Å²) in [6, 6.07) is 15.0. The standard InChI is InChI=1S/C19H16FN3/c1-19(2)22-16-9-4-3-7-14(16)17(23-19)13-10-12-6-5-8-15(20)18(12)21-11-13/h3-11,22H,1-2H3. The maximum atomic E-state index is 13.8. The number of fused-ring (bicyclic) bond motifs is 2. The van der Waals surface area contributed by atoms with Gasteiger partial charge in [0.15, 0.2) is 0 Å². The van der Waals surface area contributed by atoms with E-state index in [1.807, 2.05) is 50.2 Å². The summed E-state index contributed by atoms with van der Waals surface area (Å²) < 4.78 is 13.8. The Labute approximate surface area is 133 Å². The molecule has 3 aromatic rings. The molecule has 2 heterocycles. The molecule has 0 bridgehead atoms. The Bertz CT molecular complexity index is 944. The number of pyridine rings is 1. The first-order chi connectivity index (χ1) is 11.0. The van der Waals surface area contributed by atoms with Gasteiger partial charge in [-0.15, -0.1) is 0 Å². The van der Waals surface area contributed by atoms with Crippen molar-refractivity contribution in [1.82, 2.24) is 4.98 Å². The summed E-state index contributed by atoms with van der Waals surface area (Å²) in [6.07, 6.45) is 1.70. The number of hydrogen-bond donors (Lipinski definition) is 1. The summed E-state index contributed by atoms with van der Waals surface area (Å²) in [5.74, 6) is -0.304. The fraction of sp³-hybridized carbons (Fsp3) is 0.158. The molecule has 0 spiro atoms. The molecule has 2 aromatic carbocycles. The van der Waals surface area contributed by atoms with Gasteiger partial charge >= 0.3 is 0 Å². The highest BCUT2D eigenvalue weighted by Gasteiger charge is 2.26. The molecule has 0 radical (unpaired) electrons. The van der Waals surface area contributed by atoms with Crippen LogP contribution in [-0.4, -0.2) is 16.4 Å². The van der Waals surface area contributed by atoms with Crippen LogP contribution in [-0.2, 0) is 0 Å². The third-order valence-electron chi connectivity index (χ3n) is 3.95. The van der Waals surface area contributed by atoms with Crippen LogP contribution in [0.5, 0.6) is 0 Å². The highest BCUT2D eigenvalue weighted by molar-refractivity contribution is 6.17. The Kier molecular flexibility index (Phi) is 2.94. The van der Waals surface area contributed by atoms with Crippen molar-refractivity contribution in [3.05, 3.63) is 71.7 Å². The normalized spacial score (nSPS) is 15.7. The van der Waals surface area contributed by atoms with Gasteiger partial charge in [0.2, 0.25) is 0 Å². The lowest BCUT2D eigenvalue weighted by Gasteiger charge is -2.31. The molecule has 0 saturated carbocycles. The monoisotopic (exact) mass is 305 g/mol. The van der Waals surface area contributed by atoms with Crippen LogP contribution in [0.15, 0.2) is 59.7 Å². The molecule has 0 unspecified atom stereocenters. The molecule has 4 heteroatoms. The Hall–Kier alpha value is -2.75. The molecule has 23 heavy (non-hydrogen) atoms. The number of aromatic nitrogens is 1. The number of nitrogens with one attached hydrogen (secondary N) is 1. The Morgan fingerprint density at radius 2 is 1.87 bits per heavy atom. The number of para-hydroxylation sites is 2. The minimum Gasteiger partial charge on any atom is -0.361 e. The number of hydrogen-bond acceptors (Lipinski definition) is 3. The van der Waals surface area contributed by atoms with Gasteiger partial charge in [0.05, 0.1) is 5.71 Å². The SMILES string of the molecule is CC1(C)N=C(c2cnc3c(F)cccc3c2)c2ccccc2N1. The second-order valence-corrected chi connectivity index (χ2v) is 6.23. The summed E-state index contributed by atoms with van der Waals surface area (Å²) in [7, 11) is 0. The predicted octanol–water partition coefficient (Wildman–Crippen LogP) is 4.37. The van der Waals surface area contributed by atoms with Crippen LogP contribution in [0.25, 0.3) is 10.9 Å². The zero-order chi connectivity index (χ0) is 16.0. The lowest BCUT2D eigenvalue weighted by molar-refractivity contribution is 0.597. The molecule has 1 aliphatic rings. The van der Waals surface area contributed by atoms with E-state index in [0.29, 0.717) is 5.52 Å². The molecule has 0 amide bonds. The van der Waals surface area contributed by atoms with E-state index < -0.39 is 5.66 Å². The lowest BCUT2D eigenvalue weighted by atomic mass is 9.97. The van der Waals surface area contributed by atoms with Crippen molar-refractivity contribution in [3.8, 4) is 0 Å². The quantitative estimate of drug-likeness (QED) is 0.724. The van der Waals surface area contributed by atoms with E-state index in [2.05, 4.69) is 10.3 Å². The van der Waals surface area contributed by atoms with E-state index in [-0.39, 0.29) is 5.82 Å². The fourth-order valence-corrected chi connectivity index (χ4v) is 2.97. The zero-order valence-electron chi connectivity index (χ0n) is 13.0. The van der Waals surface area contributed by atoms with Gasteiger partial charge in [0.25, 0.3) is 0 Å². The second kappa shape index (κ2) is 4.88. The lowest BCUT2D eigenvalue weighted by Crippen LogP contribution is -2.34. The summed E-state index contributed by atoms with van der Waals surface area (Å²) in [5, 5.41) is 4.19. The molecule has 114 valence electrons. The average molecular weight is 305 g/mol. The topological polar surface area (TPSA) is 37.3 Å². The summed E-state index contributed by atoms with van der Waals surface area (Å²) in [5.41, 5.74) is 3.83. The number of nitrogens with zero attached hydrogens (tertiary/aromatic N) is 2. The number of rotatable bonds is 1. The average Bonchev–Trinajstić information content (AvgIpc) is 2.53. The maximum absolute atomic E-state index is 13.8. The van der Waals surface area contributed by atoms with E-state index in [1.165, 1.54) is 6.07 Å².